The third-order valence-corrected chi connectivity index (χ3v) is 2.51. The van der Waals surface area contributed by atoms with Crippen molar-refractivity contribution in [2.24, 2.45) is 0 Å². The molecule has 0 aliphatic heterocycles. The van der Waals surface area contributed by atoms with Gasteiger partial charge in [0.15, 0.2) is 0 Å². The lowest BCUT2D eigenvalue weighted by atomic mass is 10.2. The van der Waals surface area contributed by atoms with Crippen molar-refractivity contribution in [3.8, 4) is 0 Å². The Balaban J connectivity index is 2.13. The Kier molecular flexibility index (Phi) is 8.34. The van der Waals surface area contributed by atoms with Crippen LogP contribution in [0.1, 0.15) is 6.42 Å². The number of rotatable bonds is 10. The van der Waals surface area contributed by atoms with Crippen LogP contribution >= 0.6 is 0 Å². The molecule has 0 radical (unpaired) electrons. The molecule has 0 fully saturated rings. The summed E-state index contributed by atoms with van der Waals surface area (Å²) >= 11 is 0. The zero-order chi connectivity index (χ0) is 15.5. The van der Waals surface area contributed by atoms with Gasteiger partial charge < -0.3 is 25.3 Å². The summed E-state index contributed by atoms with van der Waals surface area (Å²) in [5, 5.41) is 2.39. The SMILES string of the molecule is COCCCOCCOCC(=O)Nc1cc(N)ccc1F. The van der Waals surface area contributed by atoms with Crippen LogP contribution < -0.4 is 11.1 Å². The summed E-state index contributed by atoms with van der Waals surface area (Å²) in [7, 11) is 1.63. The Labute approximate surface area is 123 Å². The molecular weight excluding hydrogens is 279 g/mol. The fraction of sp³-hybridized carbons (Fsp3) is 0.500. The highest BCUT2D eigenvalue weighted by molar-refractivity contribution is 5.92. The standard InChI is InChI=1S/C14H21FN2O4/c1-19-5-2-6-20-7-8-21-10-14(18)17-13-9-11(16)3-4-12(13)15/h3-4,9H,2,5-8,10,16H2,1H3,(H,17,18). The number of nitrogens with one attached hydrogen (secondary N) is 1. The molecule has 0 aromatic heterocycles. The van der Waals surface area contributed by atoms with Crippen molar-refractivity contribution in [2.45, 2.75) is 6.42 Å². The molecule has 0 bridgehead atoms. The average molecular weight is 300 g/mol. The van der Waals surface area contributed by atoms with E-state index < -0.39 is 11.7 Å². The Hall–Kier alpha value is -1.70. The maximum absolute atomic E-state index is 13.4. The molecule has 7 heteroatoms. The van der Waals surface area contributed by atoms with Crippen molar-refractivity contribution >= 4 is 17.3 Å². The monoisotopic (exact) mass is 300 g/mol. The van der Waals surface area contributed by atoms with E-state index in [0.29, 0.717) is 32.1 Å². The summed E-state index contributed by atoms with van der Waals surface area (Å²) in [6, 6.07) is 3.97. The van der Waals surface area contributed by atoms with Crippen molar-refractivity contribution in [3.05, 3.63) is 24.0 Å². The topological polar surface area (TPSA) is 82.8 Å². The first-order chi connectivity index (χ1) is 10.1. The van der Waals surface area contributed by atoms with Crippen molar-refractivity contribution in [1.29, 1.82) is 0 Å². The predicted octanol–water partition coefficient (Wildman–Crippen LogP) is 1.42. The van der Waals surface area contributed by atoms with Gasteiger partial charge in [0.05, 0.1) is 18.9 Å². The minimum absolute atomic E-state index is 0.0411. The van der Waals surface area contributed by atoms with Gasteiger partial charge >= 0.3 is 0 Å². The van der Waals surface area contributed by atoms with Crippen molar-refractivity contribution in [3.63, 3.8) is 0 Å². The van der Waals surface area contributed by atoms with Crippen LogP contribution in [0.2, 0.25) is 0 Å². The lowest BCUT2D eigenvalue weighted by molar-refractivity contribution is -0.121. The maximum Gasteiger partial charge on any atom is 0.250 e. The highest BCUT2D eigenvalue weighted by atomic mass is 19.1. The largest absolute Gasteiger partial charge is 0.399 e. The molecule has 0 saturated heterocycles. The molecule has 0 aliphatic carbocycles. The van der Waals surface area contributed by atoms with Gasteiger partial charge in [-0.15, -0.1) is 0 Å². The Morgan fingerprint density at radius 3 is 2.76 bits per heavy atom. The van der Waals surface area contributed by atoms with E-state index in [-0.39, 0.29) is 12.3 Å². The van der Waals surface area contributed by atoms with E-state index in [2.05, 4.69) is 5.32 Å². The van der Waals surface area contributed by atoms with Gasteiger partial charge in [-0.3, -0.25) is 4.79 Å². The van der Waals surface area contributed by atoms with Gasteiger partial charge in [-0.1, -0.05) is 0 Å². The third-order valence-electron chi connectivity index (χ3n) is 2.51. The van der Waals surface area contributed by atoms with Crippen LogP contribution in [0, 0.1) is 5.82 Å². The zero-order valence-corrected chi connectivity index (χ0v) is 12.1. The molecule has 21 heavy (non-hydrogen) atoms. The van der Waals surface area contributed by atoms with Gasteiger partial charge in [-0.05, 0) is 24.6 Å². The maximum atomic E-state index is 13.4. The molecule has 118 valence electrons. The van der Waals surface area contributed by atoms with Crippen LogP contribution in [0.25, 0.3) is 0 Å². The van der Waals surface area contributed by atoms with E-state index in [1.807, 2.05) is 0 Å². The number of hydrogen-bond donors (Lipinski definition) is 2. The molecular formula is C14H21FN2O4. The molecule has 0 atom stereocenters. The number of hydrogen-bond acceptors (Lipinski definition) is 5. The first kappa shape index (κ1) is 17.4. The number of carbonyl (C=O) groups excluding carboxylic acids is 1. The molecule has 1 aromatic carbocycles. The summed E-state index contributed by atoms with van der Waals surface area (Å²) < 4.78 is 28.6. The van der Waals surface area contributed by atoms with E-state index in [4.69, 9.17) is 19.9 Å². The number of nitrogen functional groups attached to an aromatic ring is 1. The Morgan fingerprint density at radius 2 is 2.00 bits per heavy atom. The van der Waals surface area contributed by atoms with Crippen LogP contribution in [0.15, 0.2) is 18.2 Å². The fourth-order valence-corrected chi connectivity index (χ4v) is 1.52. The van der Waals surface area contributed by atoms with E-state index in [0.717, 1.165) is 6.42 Å². The number of anilines is 2. The second kappa shape index (κ2) is 10.1. The number of benzene rings is 1. The van der Waals surface area contributed by atoms with Gasteiger partial charge in [-0.2, -0.15) is 0 Å². The van der Waals surface area contributed by atoms with E-state index in [9.17, 15) is 9.18 Å². The minimum Gasteiger partial charge on any atom is -0.399 e. The highest BCUT2D eigenvalue weighted by Crippen LogP contribution is 2.17. The molecule has 3 N–H and O–H groups in total. The number of amides is 1. The first-order valence-corrected chi connectivity index (χ1v) is 6.62. The Bertz CT molecular complexity index is 443. The number of halogens is 1. The predicted molar refractivity (Wildman–Crippen MR) is 77.6 cm³/mol. The average Bonchev–Trinajstić information content (AvgIpc) is 2.46. The Morgan fingerprint density at radius 1 is 1.24 bits per heavy atom. The zero-order valence-electron chi connectivity index (χ0n) is 12.1. The molecule has 0 spiro atoms. The molecule has 1 aromatic rings. The molecule has 0 aliphatic rings. The van der Waals surface area contributed by atoms with Crippen molar-refractivity contribution in [1.82, 2.24) is 0 Å². The molecule has 0 unspecified atom stereocenters. The second-order valence-corrected chi connectivity index (χ2v) is 4.30. The van der Waals surface area contributed by atoms with Gasteiger partial charge in [0.1, 0.15) is 12.4 Å². The summed E-state index contributed by atoms with van der Waals surface area (Å²) in [6.45, 7) is 1.74. The van der Waals surface area contributed by atoms with Crippen LogP contribution in [0.4, 0.5) is 15.8 Å². The fourth-order valence-electron chi connectivity index (χ4n) is 1.52. The first-order valence-electron chi connectivity index (χ1n) is 6.62. The van der Waals surface area contributed by atoms with Crippen LogP contribution in [0.5, 0.6) is 0 Å². The summed E-state index contributed by atoms with van der Waals surface area (Å²) in [6.07, 6.45) is 0.811. The number of ether oxygens (including phenoxy) is 3. The highest BCUT2D eigenvalue weighted by Gasteiger charge is 2.07. The quantitative estimate of drug-likeness (QED) is 0.504. The smallest absolute Gasteiger partial charge is 0.250 e. The van der Waals surface area contributed by atoms with Crippen LogP contribution in [0.3, 0.4) is 0 Å². The lowest BCUT2D eigenvalue weighted by Crippen LogP contribution is -2.20. The molecule has 1 rings (SSSR count). The van der Waals surface area contributed by atoms with E-state index in [1.165, 1.54) is 18.2 Å². The summed E-state index contributed by atoms with van der Waals surface area (Å²) in [4.78, 5) is 11.5. The van der Waals surface area contributed by atoms with E-state index in [1.54, 1.807) is 7.11 Å². The lowest BCUT2D eigenvalue weighted by Gasteiger charge is -2.08. The summed E-state index contributed by atoms with van der Waals surface area (Å²) in [5.74, 6) is -0.988. The van der Waals surface area contributed by atoms with Gasteiger partial charge in [0.25, 0.3) is 0 Å². The molecule has 6 nitrogen and oxygen atoms in total. The van der Waals surface area contributed by atoms with Gasteiger partial charge in [0, 0.05) is 26.0 Å². The van der Waals surface area contributed by atoms with Crippen molar-refractivity contribution in [2.75, 3.05) is 51.2 Å². The number of methoxy groups -OCH3 is 1. The number of nitrogens with two attached hydrogens (primary N) is 1. The summed E-state index contributed by atoms with van der Waals surface area (Å²) in [5.41, 5.74) is 5.93. The number of carbonyl (C=O) groups is 1. The minimum atomic E-state index is -0.543. The molecule has 1 amide bonds. The van der Waals surface area contributed by atoms with Crippen molar-refractivity contribution < 1.29 is 23.4 Å². The molecule has 0 heterocycles. The molecule has 0 saturated carbocycles. The normalized spacial score (nSPS) is 10.6. The second-order valence-electron chi connectivity index (χ2n) is 4.30. The van der Waals surface area contributed by atoms with E-state index >= 15 is 0 Å². The van der Waals surface area contributed by atoms with Crippen LogP contribution in [-0.4, -0.2) is 46.1 Å². The van der Waals surface area contributed by atoms with Gasteiger partial charge in [-0.25, -0.2) is 4.39 Å². The van der Waals surface area contributed by atoms with Crippen LogP contribution in [-0.2, 0) is 19.0 Å². The van der Waals surface area contributed by atoms with Gasteiger partial charge in [0.2, 0.25) is 5.91 Å². The third kappa shape index (κ3) is 7.60.